The molecular weight excluding hydrogens is 374 g/mol. The van der Waals surface area contributed by atoms with Gasteiger partial charge in [-0.1, -0.05) is 19.3 Å². The third-order valence-corrected chi connectivity index (χ3v) is 5.71. The quantitative estimate of drug-likeness (QED) is 0.678. The molecule has 1 N–H and O–H groups in total. The maximum absolute atomic E-state index is 4.87. The summed E-state index contributed by atoms with van der Waals surface area (Å²) in [6.45, 7) is 2.00. The van der Waals surface area contributed by atoms with Crippen molar-refractivity contribution in [2.24, 2.45) is 0 Å². The van der Waals surface area contributed by atoms with Gasteiger partial charge in [0.05, 0.1) is 16.4 Å². The summed E-state index contributed by atoms with van der Waals surface area (Å²) >= 11 is 5.03. The predicted octanol–water partition coefficient (Wildman–Crippen LogP) is 5.05. The molecule has 23 heavy (non-hydrogen) atoms. The van der Waals surface area contributed by atoms with Gasteiger partial charge in [-0.05, 0) is 53.3 Å². The maximum atomic E-state index is 4.87. The number of rotatable bonds is 3. The van der Waals surface area contributed by atoms with Gasteiger partial charge in [0.15, 0.2) is 5.65 Å². The fourth-order valence-corrected chi connectivity index (χ4v) is 4.22. The first kappa shape index (κ1) is 15.1. The van der Waals surface area contributed by atoms with E-state index in [0.29, 0.717) is 5.92 Å². The highest BCUT2D eigenvalue weighted by atomic mass is 79.9. The van der Waals surface area contributed by atoms with Crippen LogP contribution >= 0.6 is 27.5 Å². The summed E-state index contributed by atoms with van der Waals surface area (Å²) in [4.78, 5) is 4.87. The molecule has 0 bridgehead atoms. The van der Waals surface area contributed by atoms with E-state index in [1.54, 1.807) is 6.20 Å². The highest BCUT2D eigenvalue weighted by Gasteiger charge is 2.20. The summed E-state index contributed by atoms with van der Waals surface area (Å²) in [7, 11) is 0. The second kappa shape index (κ2) is 6.20. The van der Waals surface area contributed by atoms with Crippen LogP contribution in [0.2, 0.25) is 0 Å². The lowest BCUT2D eigenvalue weighted by atomic mass is 9.87. The summed E-state index contributed by atoms with van der Waals surface area (Å²) in [6, 6.07) is 4.20. The zero-order chi connectivity index (χ0) is 15.8. The van der Waals surface area contributed by atoms with Crippen molar-refractivity contribution < 1.29 is 0 Å². The third kappa shape index (κ3) is 2.99. The van der Waals surface area contributed by atoms with Crippen LogP contribution in [-0.2, 0) is 0 Å². The van der Waals surface area contributed by atoms with Crippen molar-refractivity contribution in [1.82, 2.24) is 19.0 Å². The van der Waals surface area contributed by atoms with Crippen molar-refractivity contribution in [2.45, 2.75) is 44.9 Å². The van der Waals surface area contributed by atoms with E-state index in [-0.39, 0.29) is 0 Å². The van der Waals surface area contributed by atoms with E-state index in [1.807, 2.05) is 11.4 Å². The molecule has 1 saturated carbocycles. The van der Waals surface area contributed by atoms with Crippen LogP contribution in [0.3, 0.4) is 0 Å². The topological polar surface area (TPSA) is 55.1 Å². The molecular formula is C16H18BrN5S. The van der Waals surface area contributed by atoms with Crippen LogP contribution in [0.5, 0.6) is 0 Å². The van der Waals surface area contributed by atoms with Gasteiger partial charge in [0.1, 0.15) is 10.8 Å². The number of hydrogen-bond donors (Lipinski definition) is 1. The van der Waals surface area contributed by atoms with Crippen LogP contribution in [0.1, 0.15) is 49.4 Å². The molecule has 3 aromatic rings. The molecule has 0 unspecified atom stereocenters. The number of nitrogens with one attached hydrogen (secondary N) is 1. The molecule has 0 radical (unpaired) electrons. The van der Waals surface area contributed by atoms with E-state index >= 15 is 0 Å². The Balaban J connectivity index is 1.77. The van der Waals surface area contributed by atoms with E-state index in [9.17, 15) is 0 Å². The van der Waals surface area contributed by atoms with Gasteiger partial charge in [-0.15, -0.1) is 0 Å². The summed E-state index contributed by atoms with van der Waals surface area (Å²) in [5, 5.41) is 8.92. The van der Waals surface area contributed by atoms with Crippen LogP contribution < -0.4 is 5.32 Å². The van der Waals surface area contributed by atoms with E-state index in [1.165, 1.54) is 49.3 Å². The SMILES string of the molecule is Cc1cc(Nc2cc(C3CCCCC3)nc3c(Br)cnn23)sn1. The van der Waals surface area contributed by atoms with Crippen LogP contribution in [0.4, 0.5) is 10.8 Å². The standard InChI is InChI=1S/C16H18BrN5S/c1-10-7-15(23-21-10)20-14-8-13(11-5-3-2-4-6-11)19-16-12(17)9-18-22(14)16/h7-9,11,20H,2-6H2,1H3. The van der Waals surface area contributed by atoms with Gasteiger partial charge in [-0.3, -0.25) is 0 Å². The second-order valence-corrected chi connectivity index (χ2v) is 7.75. The molecule has 1 aliphatic rings. The van der Waals surface area contributed by atoms with E-state index < -0.39 is 0 Å². The fourth-order valence-electron chi connectivity index (χ4n) is 3.20. The molecule has 0 aliphatic heterocycles. The monoisotopic (exact) mass is 391 g/mol. The first-order valence-electron chi connectivity index (χ1n) is 7.95. The van der Waals surface area contributed by atoms with Crippen molar-refractivity contribution in [3.8, 4) is 0 Å². The molecule has 1 fully saturated rings. The molecule has 4 rings (SSSR count). The number of aromatic nitrogens is 4. The zero-order valence-corrected chi connectivity index (χ0v) is 15.3. The van der Waals surface area contributed by atoms with Crippen molar-refractivity contribution in [3.63, 3.8) is 0 Å². The lowest BCUT2D eigenvalue weighted by molar-refractivity contribution is 0.437. The Morgan fingerprint density at radius 3 is 2.83 bits per heavy atom. The number of aryl methyl sites for hydroxylation is 1. The van der Waals surface area contributed by atoms with Crippen molar-refractivity contribution in [3.05, 3.63) is 34.2 Å². The van der Waals surface area contributed by atoms with Crippen LogP contribution in [0, 0.1) is 6.92 Å². The Morgan fingerprint density at radius 1 is 1.26 bits per heavy atom. The minimum Gasteiger partial charge on any atom is -0.331 e. The van der Waals surface area contributed by atoms with Crippen LogP contribution in [0.25, 0.3) is 5.65 Å². The molecule has 0 aromatic carbocycles. The first-order chi connectivity index (χ1) is 11.2. The van der Waals surface area contributed by atoms with Crippen LogP contribution in [0.15, 0.2) is 22.8 Å². The highest BCUT2D eigenvalue weighted by molar-refractivity contribution is 9.10. The van der Waals surface area contributed by atoms with Gasteiger partial charge < -0.3 is 5.32 Å². The number of nitrogens with zero attached hydrogens (tertiary/aromatic N) is 4. The predicted molar refractivity (Wildman–Crippen MR) is 96.6 cm³/mol. The summed E-state index contributed by atoms with van der Waals surface area (Å²) in [5.74, 6) is 1.50. The van der Waals surface area contributed by atoms with Gasteiger partial charge in [-0.2, -0.15) is 14.0 Å². The van der Waals surface area contributed by atoms with E-state index in [4.69, 9.17) is 4.98 Å². The largest absolute Gasteiger partial charge is 0.331 e. The number of fused-ring (bicyclic) bond motifs is 1. The van der Waals surface area contributed by atoms with Crippen LogP contribution in [-0.4, -0.2) is 19.0 Å². The Hall–Kier alpha value is -1.47. The normalized spacial score (nSPS) is 16.1. The lowest BCUT2D eigenvalue weighted by Gasteiger charge is -2.22. The van der Waals surface area contributed by atoms with Crippen molar-refractivity contribution >= 4 is 43.9 Å². The lowest BCUT2D eigenvalue weighted by Crippen LogP contribution is -2.10. The maximum Gasteiger partial charge on any atom is 0.171 e. The average Bonchev–Trinajstić information content (AvgIpc) is 3.15. The second-order valence-electron chi connectivity index (χ2n) is 6.09. The third-order valence-electron chi connectivity index (χ3n) is 4.35. The minimum absolute atomic E-state index is 0.555. The number of anilines is 2. The molecule has 3 heterocycles. The number of halogens is 1. The Kier molecular flexibility index (Phi) is 4.07. The molecule has 1 aliphatic carbocycles. The fraction of sp³-hybridized carbons (Fsp3) is 0.438. The molecule has 0 atom stereocenters. The summed E-state index contributed by atoms with van der Waals surface area (Å²) in [5.41, 5.74) is 3.07. The molecule has 0 saturated heterocycles. The zero-order valence-electron chi connectivity index (χ0n) is 12.9. The Morgan fingerprint density at radius 2 is 2.09 bits per heavy atom. The van der Waals surface area contributed by atoms with Gasteiger partial charge in [0.25, 0.3) is 0 Å². The van der Waals surface area contributed by atoms with Gasteiger partial charge in [0.2, 0.25) is 0 Å². The first-order valence-corrected chi connectivity index (χ1v) is 9.52. The van der Waals surface area contributed by atoms with E-state index in [2.05, 4.69) is 42.9 Å². The molecule has 0 spiro atoms. The molecule has 7 heteroatoms. The van der Waals surface area contributed by atoms with Crippen molar-refractivity contribution in [1.29, 1.82) is 0 Å². The summed E-state index contributed by atoms with van der Waals surface area (Å²) < 4.78 is 7.12. The van der Waals surface area contributed by atoms with Gasteiger partial charge in [0, 0.05) is 17.7 Å². The molecule has 3 aromatic heterocycles. The minimum atomic E-state index is 0.555. The molecule has 5 nitrogen and oxygen atoms in total. The Labute approximate surface area is 147 Å². The number of hydrogen-bond acceptors (Lipinski definition) is 5. The van der Waals surface area contributed by atoms with E-state index in [0.717, 1.165) is 26.6 Å². The van der Waals surface area contributed by atoms with Gasteiger partial charge >= 0.3 is 0 Å². The van der Waals surface area contributed by atoms with Gasteiger partial charge in [-0.25, -0.2) is 4.98 Å². The highest BCUT2D eigenvalue weighted by Crippen LogP contribution is 2.34. The average molecular weight is 392 g/mol. The summed E-state index contributed by atoms with van der Waals surface area (Å²) in [6.07, 6.45) is 8.21. The smallest absolute Gasteiger partial charge is 0.171 e. The molecule has 120 valence electrons. The Bertz CT molecular complexity index is 834. The molecule has 0 amide bonds. The van der Waals surface area contributed by atoms with Crippen molar-refractivity contribution in [2.75, 3.05) is 5.32 Å².